The van der Waals surface area contributed by atoms with E-state index in [0.29, 0.717) is 24.4 Å². The molecule has 1 saturated carbocycles. The molecule has 30 heavy (non-hydrogen) atoms. The van der Waals surface area contributed by atoms with E-state index < -0.39 is 6.04 Å². The second kappa shape index (κ2) is 11.2. The summed E-state index contributed by atoms with van der Waals surface area (Å²) in [7, 11) is 0. The molecule has 2 aromatic rings. The summed E-state index contributed by atoms with van der Waals surface area (Å²) in [5.74, 6) is -0.0933. The Labute approximate surface area is 184 Å². The van der Waals surface area contributed by atoms with E-state index in [4.69, 9.17) is 11.6 Å². The van der Waals surface area contributed by atoms with Crippen molar-refractivity contribution in [2.24, 2.45) is 0 Å². The molecule has 0 aromatic heterocycles. The number of halogens is 1. The number of nitrogens with one attached hydrogen (secondary N) is 1. The summed E-state index contributed by atoms with van der Waals surface area (Å²) in [6.45, 7) is 2.20. The predicted molar refractivity (Wildman–Crippen MR) is 121 cm³/mol. The van der Waals surface area contributed by atoms with Gasteiger partial charge in [-0.05, 0) is 36.1 Å². The van der Waals surface area contributed by atoms with Crippen LogP contribution in [0.25, 0.3) is 0 Å². The van der Waals surface area contributed by atoms with Crippen molar-refractivity contribution >= 4 is 23.4 Å². The van der Waals surface area contributed by atoms with Crippen molar-refractivity contribution in [3.63, 3.8) is 0 Å². The number of hydrogen-bond acceptors (Lipinski definition) is 2. The van der Waals surface area contributed by atoms with E-state index in [-0.39, 0.29) is 17.9 Å². The highest BCUT2D eigenvalue weighted by Gasteiger charge is 2.31. The van der Waals surface area contributed by atoms with E-state index >= 15 is 0 Å². The maximum atomic E-state index is 13.4. The van der Waals surface area contributed by atoms with Crippen molar-refractivity contribution < 1.29 is 9.59 Å². The molecular weight excluding hydrogens is 396 g/mol. The highest BCUT2D eigenvalue weighted by atomic mass is 35.5. The largest absolute Gasteiger partial charge is 0.352 e. The van der Waals surface area contributed by atoms with Gasteiger partial charge in [-0.15, -0.1) is 0 Å². The number of amides is 2. The Hall–Kier alpha value is -2.33. The van der Waals surface area contributed by atoms with Gasteiger partial charge in [0, 0.05) is 30.5 Å². The Morgan fingerprint density at radius 2 is 1.73 bits per heavy atom. The van der Waals surface area contributed by atoms with Crippen LogP contribution >= 0.6 is 11.6 Å². The van der Waals surface area contributed by atoms with Crippen LogP contribution in [0.5, 0.6) is 0 Å². The monoisotopic (exact) mass is 426 g/mol. The Balaban J connectivity index is 1.86. The number of benzene rings is 2. The zero-order valence-electron chi connectivity index (χ0n) is 17.6. The Bertz CT molecular complexity index is 834. The van der Waals surface area contributed by atoms with E-state index in [9.17, 15) is 9.59 Å². The normalized spacial score (nSPS) is 15.4. The molecule has 3 rings (SSSR count). The molecule has 0 spiro atoms. The summed E-state index contributed by atoms with van der Waals surface area (Å²) < 4.78 is 0. The third-order valence-corrected chi connectivity index (χ3v) is 6.00. The van der Waals surface area contributed by atoms with Gasteiger partial charge in [-0.2, -0.15) is 0 Å². The molecule has 0 radical (unpaired) electrons. The summed E-state index contributed by atoms with van der Waals surface area (Å²) >= 11 is 6.16. The molecule has 1 fully saturated rings. The fourth-order valence-corrected chi connectivity index (χ4v) is 4.35. The average molecular weight is 427 g/mol. The Morgan fingerprint density at radius 3 is 2.40 bits per heavy atom. The summed E-state index contributed by atoms with van der Waals surface area (Å²) in [4.78, 5) is 28.1. The molecule has 1 aliphatic carbocycles. The first-order chi connectivity index (χ1) is 14.6. The highest BCUT2D eigenvalue weighted by molar-refractivity contribution is 6.30. The van der Waals surface area contributed by atoms with Gasteiger partial charge in [-0.3, -0.25) is 9.59 Å². The molecule has 0 unspecified atom stereocenters. The molecule has 2 aromatic carbocycles. The van der Waals surface area contributed by atoms with Gasteiger partial charge in [-0.1, -0.05) is 80.3 Å². The van der Waals surface area contributed by atoms with Crippen LogP contribution in [-0.4, -0.2) is 28.8 Å². The molecule has 2 amide bonds. The minimum atomic E-state index is -0.555. The lowest BCUT2D eigenvalue weighted by Gasteiger charge is -2.33. The van der Waals surface area contributed by atoms with Crippen molar-refractivity contribution in [1.29, 1.82) is 0 Å². The first kappa shape index (κ1) is 22.4. The molecule has 160 valence electrons. The minimum absolute atomic E-state index is 0.0327. The maximum absolute atomic E-state index is 13.4. The quantitative estimate of drug-likeness (QED) is 0.635. The average Bonchev–Trinajstić information content (AvgIpc) is 2.77. The first-order valence-electron chi connectivity index (χ1n) is 10.9. The third kappa shape index (κ3) is 6.33. The van der Waals surface area contributed by atoms with Crippen LogP contribution in [0, 0.1) is 0 Å². The van der Waals surface area contributed by atoms with Gasteiger partial charge in [-0.25, -0.2) is 0 Å². The minimum Gasteiger partial charge on any atom is -0.352 e. The molecule has 0 heterocycles. The van der Waals surface area contributed by atoms with Gasteiger partial charge in [0.15, 0.2) is 0 Å². The molecule has 4 nitrogen and oxygen atoms in total. The lowest BCUT2D eigenvalue weighted by Crippen LogP contribution is -2.52. The van der Waals surface area contributed by atoms with Gasteiger partial charge in [0.05, 0.1) is 0 Å². The fourth-order valence-electron chi connectivity index (χ4n) is 4.13. The van der Waals surface area contributed by atoms with Crippen LogP contribution in [0.4, 0.5) is 0 Å². The van der Waals surface area contributed by atoms with Crippen LogP contribution in [0.1, 0.15) is 56.6 Å². The molecular formula is C25H31ClN2O2. The number of nitrogens with zero attached hydrogens (tertiary/aromatic N) is 1. The molecule has 1 aliphatic rings. The number of carbonyl (C=O) groups excluding carboxylic acids is 2. The van der Waals surface area contributed by atoms with Gasteiger partial charge < -0.3 is 10.2 Å². The zero-order chi connectivity index (χ0) is 21.3. The fraction of sp³-hybridized carbons (Fsp3) is 0.440. The zero-order valence-corrected chi connectivity index (χ0v) is 18.4. The van der Waals surface area contributed by atoms with Crippen molar-refractivity contribution in [2.75, 3.05) is 0 Å². The topological polar surface area (TPSA) is 49.4 Å². The Morgan fingerprint density at radius 1 is 1.03 bits per heavy atom. The van der Waals surface area contributed by atoms with Crippen molar-refractivity contribution in [3.8, 4) is 0 Å². The molecule has 0 saturated heterocycles. The summed E-state index contributed by atoms with van der Waals surface area (Å²) in [6.07, 6.45) is 6.39. The van der Waals surface area contributed by atoms with E-state index in [1.54, 1.807) is 4.90 Å². The van der Waals surface area contributed by atoms with E-state index in [1.807, 2.05) is 61.5 Å². The van der Waals surface area contributed by atoms with Gasteiger partial charge in [0.25, 0.3) is 0 Å². The standard InChI is InChI=1S/C25H31ClN2O2/c1-2-24(29)28(18-20-12-9-13-21(26)16-20)23(17-19-10-5-3-6-11-19)25(30)27-22-14-7-4-8-15-22/h3,5-6,9-13,16,22-23H,2,4,7-8,14-15,17-18H2,1H3,(H,27,30)/t23-/m0/s1. The molecule has 5 heteroatoms. The summed E-state index contributed by atoms with van der Waals surface area (Å²) in [6, 6.07) is 17.1. The Kier molecular flexibility index (Phi) is 8.32. The number of rotatable bonds is 8. The molecule has 1 N–H and O–H groups in total. The summed E-state index contributed by atoms with van der Waals surface area (Å²) in [5.41, 5.74) is 1.97. The van der Waals surface area contributed by atoms with Crippen LogP contribution < -0.4 is 5.32 Å². The lowest BCUT2D eigenvalue weighted by molar-refractivity contribution is -0.141. The van der Waals surface area contributed by atoms with Gasteiger partial charge in [0.2, 0.25) is 11.8 Å². The van der Waals surface area contributed by atoms with Crippen LogP contribution in [0.2, 0.25) is 5.02 Å². The van der Waals surface area contributed by atoms with E-state index in [1.165, 1.54) is 6.42 Å². The third-order valence-electron chi connectivity index (χ3n) is 5.77. The van der Waals surface area contributed by atoms with Crippen molar-refractivity contribution in [2.45, 2.75) is 70.5 Å². The smallest absolute Gasteiger partial charge is 0.243 e. The van der Waals surface area contributed by atoms with E-state index in [2.05, 4.69) is 5.32 Å². The van der Waals surface area contributed by atoms with Gasteiger partial charge in [0.1, 0.15) is 6.04 Å². The molecule has 0 aliphatic heterocycles. The van der Waals surface area contributed by atoms with Crippen molar-refractivity contribution in [3.05, 3.63) is 70.7 Å². The lowest BCUT2D eigenvalue weighted by atomic mass is 9.94. The van der Waals surface area contributed by atoms with Crippen LogP contribution in [-0.2, 0) is 22.6 Å². The SMILES string of the molecule is CCC(=O)N(Cc1cccc(Cl)c1)[C@@H](Cc1ccccc1)C(=O)NC1CCCCC1. The van der Waals surface area contributed by atoms with Crippen LogP contribution in [0.15, 0.2) is 54.6 Å². The second-order valence-electron chi connectivity index (χ2n) is 8.05. The number of carbonyl (C=O) groups is 2. The second-order valence-corrected chi connectivity index (χ2v) is 8.49. The van der Waals surface area contributed by atoms with Crippen LogP contribution in [0.3, 0.4) is 0 Å². The maximum Gasteiger partial charge on any atom is 0.243 e. The predicted octanol–water partition coefficient (Wildman–Crippen LogP) is 5.14. The molecule has 1 atom stereocenters. The summed E-state index contributed by atoms with van der Waals surface area (Å²) in [5, 5.41) is 3.86. The molecule has 0 bridgehead atoms. The van der Waals surface area contributed by atoms with Gasteiger partial charge >= 0.3 is 0 Å². The van der Waals surface area contributed by atoms with E-state index in [0.717, 1.165) is 36.8 Å². The first-order valence-corrected chi connectivity index (χ1v) is 11.3. The number of hydrogen-bond donors (Lipinski definition) is 1. The van der Waals surface area contributed by atoms with Crippen molar-refractivity contribution in [1.82, 2.24) is 10.2 Å². The highest BCUT2D eigenvalue weighted by Crippen LogP contribution is 2.21.